The van der Waals surface area contributed by atoms with Crippen LogP contribution in [0, 0.1) is 0 Å². The van der Waals surface area contributed by atoms with Gasteiger partial charge in [-0.3, -0.25) is 10.1 Å². The second-order valence-corrected chi connectivity index (χ2v) is 6.74. The van der Waals surface area contributed by atoms with Gasteiger partial charge in [0.25, 0.3) is 0 Å². The lowest BCUT2D eigenvalue weighted by Gasteiger charge is -2.39. The average Bonchev–Trinajstić information content (AvgIpc) is 2.91. The summed E-state index contributed by atoms with van der Waals surface area (Å²) in [4.78, 5) is 28.7. The molecule has 2 heterocycles. The van der Waals surface area contributed by atoms with Crippen LogP contribution in [-0.4, -0.2) is 36.1 Å². The molecule has 1 aromatic carbocycles. The molecule has 2 aromatic rings. The van der Waals surface area contributed by atoms with Crippen molar-refractivity contribution in [2.45, 2.75) is 25.3 Å². The Hall–Kier alpha value is -2.15. The van der Waals surface area contributed by atoms with Gasteiger partial charge in [0.1, 0.15) is 0 Å². The number of imide groups is 1. The first kappa shape index (κ1) is 14.8. The number of carbonyl (C=O) groups excluding carboxylic acids is 2. The smallest absolute Gasteiger partial charge is 0.321 e. The first-order valence-electron chi connectivity index (χ1n) is 7.22. The molecule has 0 spiro atoms. The lowest BCUT2D eigenvalue weighted by Crippen LogP contribution is -2.55. The Kier molecular flexibility index (Phi) is 3.98. The maximum atomic E-state index is 11.5. The van der Waals surface area contributed by atoms with Crippen molar-refractivity contribution >= 4 is 39.1 Å². The summed E-state index contributed by atoms with van der Waals surface area (Å²) in [6.45, 7) is 3.67. The third-order valence-electron chi connectivity index (χ3n) is 4.03. The Labute approximate surface area is 132 Å². The van der Waals surface area contributed by atoms with E-state index in [1.165, 1.54) is 4.70 Å². The zero-order valence-corrected chi connectivity index (χ0v) is 13.2. The maximum absolute atomic E-state index is 11.5. The summed E-state index contributed by atoms with van der Waals surface area (Å²) in [5.74, 6) is 0. The van der Waals surface area contributed by atoms with Gasteiger partial charge >= 0.3 is 6.03 Å². The van der Waals surface area contributed by atoms with Gasteiger partial charge in [-0.1, -0.05) is 23.5 Å². The van der Waals surface area contributed by atoms with Gasteiger partial charge < -0.3 is 10.2 Å². The first-order valence-corrected chi connectivity index (χ1v) is 8.04. The maximum Gasteiger partial charge on any atom is 0.321 e. The normalized spacial score (nSPS) is 17.2. The number of piperidine rings is 1. The number of hydrogen-bond acceptors (Lipinski definition) is 5. The highest BCUT2D eigenvalue weighted by Gasteiger charge is 2.32. The molecule has 3 amide bonds. The molecule has 2 N–H and O–H groups in total. The van der Waals surface area contributed by atoms with Crippen LogP contribution in [0.4, 0.5) is 9.93 Å². The molecule has 1 saturated heterocycles. The lowest BCUT2D eigenvalue weighted by molar-refractivity contribution is -0.108. The number of urea groups is 1. The van der Waals surface area contributed by atoms with Crippen LogP contribution in [0.2, 0.25) is 0 Å². The summed E-state index contributed by atoms with van der Waals surface area (Å²) in [5.41, 5.74) is 0.736. The van der Waals surface area contributed by atoms with E-state index in [1.807, 2.05) is 25.1 Å². The van der Waals surface area contributed by atoms with Crippen molar-refractivity contribution in [1.82, 2.24) is 15.6 Å². The van der Waals surface area contributed by atoms with Crippen LogP contribution in [-0.2, 0) is 4.79 Å². The van der Waals surface area contributed by atoms with Gasteiger partial charge in [0, 0.05) is 18.6 Å². The fourth-order valence-corrected chi connectivity index (χ4v) is 3.69. The molecule has 0 radical (unpaired) electrons. The number of hydrogen-bond donors (Lipinski definition) is 2. The zero-order valence-electron chi connectivity index (χ0n) is 12.3. The van der Waals surface area contributed by atoms with Crippen LogP contribution in [0.25, 0.3) is 10.2 Å². The molecular weight excluding hydrogens is 300 g/mol. The number of benzene rings is 1. The predicted molar refractivity (Wildman–Crippen MR) is 87.2 cm³/mol. The molecule has 0 bridgehead atoms. The van der Waals surface area contributed by atoms with Crippen LogP contribution in [0.5, 0.6) is 0 Å². The number of rotatable bonds is 3. The highest BCUT2D eigenvalue weighted by Crippen LogP contribution is 2.32. The zero-order chi connectivity index (χ0) is 15.6. The highest BCUT2D eigenvalue weighted by molar-refractivity contribution is 7.22. The number of nitrogens with one attached hydrogen (secondary N) is 2. The summed E-state index contributed by atoms with van der Waals surface area (Å²) in [7, 11) is 0. The molecule has 116 valence electrons. The van der Waals surface area contributed by atoms with E-state index in [0.29, 0.717) is 6.41 Å². The van der Waals surface area contributed by atoms with Gasteiger partial charge in [0.15, 0.2) is 5.13 Å². The number of amides is 3. The topological polar surface area (TPSA) is 74.3 Å². The van der Waals surface area contributed by atoms with Crippen LogP contribution in [0.15, 0.2) is 24.3 Å². The van der Waals surface area contributed by atoms with E-state index in [2.05, 4.69) is 26.6 Å². The van der Waals surface area contributed by atoms with E-state index >= 15 is 0 Å². The number of nitrogens with zero attached hydrogens (tertiary/aromatic N) is 2. The molecule has 0 saturated carbocycles. The number of aromatic nitrogens is 1. The second-order valence-electron chi connectivity index (χ2n) is 5.73. The molecule has 22 heavy (non-hydrogen) atoms. The minimum atomic E-state index is -0.439. The minimum Gasteiger partial charge on any atom is -0.348 e. The average molecular weight is 318 g/mol. The Morgan fingerprint density at radius 1 is 1.36 bits per heavy atom. The number of thiazole rings is 1. The first-order chi connectivity index (χ1) is 10.6. The predicted octanol–water partition coefficient (Wildman–Crippen LogP) is 2.11. The number of fused-ring (bicyclic) bond motifs is 1. The third kappa shape index (κ3) is 3.04. The van der Waals surface area contributed by atoms with E-state index in [0.717, 1.165) is 36.6 Å². The van der Waals surface area contributed by atoms with Crippen LogP contribution in [0.1, 0.15) is 19.8 Å². The summed E-state index contributed by atoms with van der Waals surface area (Å²) < 4.78 is 1.19. The molecule has 1 aliphatic heterocycles. The molecule has 1 fully saturated rings. The monoisotopic (exact) mass is 318 g/mol. The van der Waals surface area contributed by atoms with Gasteiger partial charge in [-0.25, -0.2) is 9.78 Å². The van der Waals surface area contributed by atoms with Crippen molar-refractivity contribution in [3.8, 4) is 0 Å². The highest BCUT2D eigenvalue weighted by atomic mass is 32.1. The van der Waals surface area contributed by atoms with Crippen molar-refractivity contribution in [2.24, 2.45) is 0 Å². The molecule has 1 aliphatic rings. The Bertz CT molecular complexity index is 659. The Morgan fingerprint density at radius 3 is 2.77 bits per heavy atom. The van der Waals surface area contributed by atoms with E-state index in [1.54, 1.807) is 11.3 Å². The summed E-state index contributed by atoms with van der Waals surface area (Å²) in [5, 5.41) is 6.02. The van der Waals surface area contributed by atoms with E-state index < -0.39 is 6.03 Å². The SMILES string of the molecule is CC1(NC(=O)NC=O)CCN(c2nc3ccccc3s2)CC1. The van der Waals surface area contributed by atoms with Crippen LogP contribution < -0.4 is 15.5 Å². The van der Waals surface area contributed by atoms with Gasteiger partial charge in [0.05, 0.1) is 10.2 Å². The fourth-order valence-electron chi connectivity index (χ4n) is 2.68. The quantitative estimate of drug-likeness (QED) is 0.850. The van der Waals surface area contributed by atoms with Crippen LogP contribution in [0.3, 0.4) is 0 Å². The van der Waals surface area contributed by atoms with Crippen molar-refractivity contribution in [1.29, 1.82) is 0 Å². The molecule has 0 atom stereocenters. The molecule has 1 aromatic heterocycles. The van der Waals surface area contributed by atoms with E-state index in [-0.39, 0.29) is 5.54 Å². The van der Waals surface area contributed by atoms with Crippen molar-refractivity contribution in [3.05, 3.63) is 24.3 Å². The molecule has 6 nitrogen and oxygen atoms in total. The van der Waals surface area contributed by atoms with Gasteiger partial charge in [-0.15, -0.1) is 0 Å². The van der Waals surface area contributed by atoms with E-state index in [4.69, 9.17) is 0 Å². The molecule has 7 heteroatoms. The van der Waals surface area contributed by atoms with E-state index in [9.17, 15) is 9.59 Å². The summed E-state index contributed by atoms with van der Waals surface area (Å²) in [6, 6.07) is 7.68. The molecule has 3 rings (SSSR count). The van der Waals surface area contributed by atoms with Gasteiger partial charge in [-0.2, -0.15) is 0 Å². The third-order valence-corrected chi connectivity index (χ3v) is 5.12. The van der Waals surface area contributed by atoms with Crippen LogP contribution >= 0.6 is 11.3 Å². The van der Waals surface area contributed by atoms with Crippen molar-refractivity contribution in [3.63, 3.8) is 0 Å². The standard InChI is InChI=1S/C15H18N4O2S/c1-15(18-13(21)16-10-20)6-8-19(9-7-15)14-17-11-4-2-3-5-12(11)22-14/h2-5,10H,6-9H2,1H3,(H2,16,18,20,21). The Balaban J connectivity index is 1.65. The van der Waals surface area contributed by atoms with Gasteiger partial charge in [-0.05, 0) is 31.9 Å². The minimum absolute atomic E-state index is 0.291. The fraction of sp³-hybridized carbons (Fsp3) is 0.400. The van der Waals surface area contributed by atoms with Gasteiger partial charge in [0.2, 0.25) is 6.41 Å². The number of carbonyl (C=O) groups is 2. The summed E-state index contributed by atoms with van der Waals surface area (Å²) in [6.07, 6.45) is 2.03. The number of anilines is 1. The lowest BCUT2D eigenvalue weighted by atomic mass is 9.90. The molecule has 0 aliphatic carbocycles. The second kappa shape index (κ2) is 5.92. The molecule has 0 unspecified atom stereocenters. The number of para-hydroxylation sites is 1. The van der Waals surface area contributed by atoms with Crippen molar-refractivity contribution in [2.75, 3.05) is 18.0 Å². The Morgan fingerprint density at radius 2 is 2.09 bits per heavy atom. The molecular formula is C15H18N4O2S. The summed E-state index contributed by atoms with van der Waals surface area (Å²) >= 11 is 1.69. The van der Waals surface area contributed by atoms with Crippen molar-refractivity contribution < 1.29 is 9.59 Å². The largest absolute Gasteiger partial charge is 0.348 e.